The molecule has 0 atom stereocenters. The number of halogens is 1. The fourth-order valence-corrected chi connectivity index (χ4v) is 1.84. The van der Waals surface area contributed by atoms with E-state index in [9.17, 15) is 0 Å². The summed E-state index contributed by atoms with van der Waals surface area (Å²) in [5.74, 6) is 0. The molecule has 0 spiro atoms. The van der Waals surface area contributed by atoms with Gasteiger partial charge in [-0.25, -0.2) is 0 Å². The van der Waals surface area contributed by atoms with Crippen molar-refractivity contribution in [3.05, 3.63) is 28.2 Å². The Labute approximate surface area is 100 Å². The van der Waals surface area contributed by atoms with Crippen LogP contribution >= 0.6 is 15.9 Å². The Bertz CT molecular complexity index is 302. The summed E-state index contributed by atoms with van der Waals surface area (Å²) in [6, 6.07) is 6.27. The zero-order valence-corrected chi connectivity index (χ0v) is 10.9. The Balaban J connectivity index is 2.31. The van der Waals surface area contributed by atoms with E-state index in [0.717, 1.165) is 30.7 Å². The lowest BCUT2D eigenvalue weighted by molar-refractivity contribution is 0.147. The van der Waals surface area contributed by atoms with Crippen molar-refractivity contribution in [3.63, 3.8) is 0 Å². The third-order valence-electron chi connectivity index (χ3n) is 2.17. The molecule has 84 valence electrons. The van der Waals surface area contributed by atoms with Crippen LogP contribution in [0.3, 0.4) is 0 Å². The van der Waals surface area contributed by atoms with Crippen molar-refractivity contribution in [2.24, 2.45) is 0 Å². The molecule has 0 saturated carbocycles. The summed E-state index contributed by atoms with van der Waals surface area (Å²) in [4.78, 5) is 0. The van der Waals surface area contributed by atoms with E-state index in [1.165, 1.54) is 11.3 Å². The lowest BCUT2D eigenvalue weighted by Gasteiger charge is -2.09. The van der Waals surface area contributed by atoms with Crippen LogP contribution in [0.2, 0.25) is 0 Å². The van der Waals surface area contributed by atoms with Gasteiger partial charge in [0.1, 0.15) is 0 Å². The molecule has 2 nitrogen and oxygen atoms in total. The molecule has 0 fully saturated rings. The largest absolute Gasteiger partial charge is 0.385 e. The second-order valence-corrected chi connectivity index (χ2v) is 4.35. The molecule has 0 radical (unpaired) electrons. The van der Waals surface area contributed by atoms with Gasteiger partial charge in [0.05, 0.1) is 0 Å². The van der Waals surface area contributed by atoms with Gasteiger partial charge in [-0.05, 0) is 44.0 Å². The third kappa shape index (κ3) is 4.67. The number of rotatable bonds is 6. The van der Waals surface area contributed by atoms with E-state index in [0.29, 0.717) is 0 Å². The summed E-state index contributed by atoms with van der Waals surface area (Å²) in [6.07, 6.45) is 1.04. The Morgan fingerprint density at radius 2 is 2.20 bits per heavy atom. The molecule has 3 heteroatoms. The molecule has 0 bridgehead atoms. The van der Waals surface area contributed by atoms with Crippen LogP contribution in [0.1, 0.15) is 18.9 Å². The fraction of sp³-hybridized carbons (Fsp3) is 0.500. The highest BCUT2D eigenvalue weighted by Crippen LogP contribution is 2.19. The van der Waals surface area contributed by atoms with Gasteiger partial charge in [0, 0.05) is 29.9 Å². The third-order valence-corrected chi connectivity index (χ3v) is 2.67. The lowest BCUT2D eigenvalue weighted by Crippen LogP contribution is -2.06. The average molecular weight is 272 g/mol. The van der Waals surface area contributed by atoms with Crippen LogP contribution in [0.5, 0.6) is 0 Å². The molecule has 1 N–H and O–H groups in total. The summed E-state index contributed by atoms with van der Waals surface area (Å²) in [5.41, 5.74) is 2.47. The van der Waals surface area contributed by atoms with Crippen LogP contribution < -0.4 is 5.32 Å². The van der Waals surface area contributed by atoms with Crippen molar-refractivity contribution in [1.82, 2.24) is 0 Å². The van der Waals surface area contributed by atoms with E-state index < -0.39 is 0 Å². The number of ether oxygens (including phenoxy) is 1. The molecule has 0 saturated heterocycles. The van der Waals surface area contributed by atoms with Crippen molar-refractivity contribution in [3.8, 4) is 0 Å². The van der Waals surface area contributed by atoms with Gasteiger partial charge < -0.3 is 10.1 Å². The van der Waals surface area contributed by atoms with E-state index in [-0.39, 0.29) is 0 Å². The van der Waals surface area contributed by atoms with Crippen LogP contribution in [0.15, 0.2) is 22.7 Å². The monoisotopic (exact) mass is 271 g/mol. The number of aryl methyl sites for hydroxylation is 1. The Kier molecular flexibility index (Phi) is 5.73. The highest BCUT2D eigenvalue weighted by Gasteiger charge is 1.97. The standard InChI is InChI=1S/C12H18BrNO/c1-3-15-8-4-7-14-12-6-5-11(13)9-10(12)2/h5-6,9,14H,3-4,7-8H2,1-2H3. The van der Waals surface area contributed by atoms with E-state index in [2.05, 4.69) is 46.4 Å². The smallest absolute Gasteiger partial charge is 0.0482 e. The molecule has 15 heavy (non-hydrogen) atoms. The van der Waals surface area contributed by atoms with E-state index in [4.69, 9.17) is 4.74 Å². The lowest BCUT2D eigenvalue weighted by atomic mass is 10.2. The van der Waals surface area contributed by atoms with Gasteiger partial charge in [0.2, 0.25) is 0 Å². The Hall–Kier alpha value is -0.540. The zero-order valence-electron chi connectivity index (χ0n) is 9.35. The predicted molar refractivity (Wildman–Crippen MR) is 68.5 cm³/mol. The second kappa shape index (κ2) is 6.85. The van der Waals surface area contributed by atoms with Gasteiger partial charge in [-0.3, -0.25) is 0 Å². The molecule has 0 unspecified atom stereocenters. The van der Waals surface area contributed by atoms with Crippen LogP contribution in [0, 0.1) is 6.92 Å². The maximum atomic E-state index is 5.27. The van der Waals surface area contributed by atoms with Gasteiger partial charge in [-0.1, -0.05) is 15.9 Å². The maximum absolute atomic E-state index is 5.27. The molecule has 0 aromatic heterocycles. The molecule has 0 aliphatic carbocycles. The summed E-state index contributed by atoms with van der Waals surface area (Å²) in [6.45, 7) is 6.72. The molecule has 0 aliphatic heterocycles. The summed E-state index contributed by atoms with van der Waals surface area (Å²) < 4.78 is 6.40. The number of hydrogen-bond donors (Lipinski definition) is 1. The first-order chi connectivity index (χ1) is 7.24. The zero-order chi connectivity index (χ0) is 11.1. The minimum absolute atomic E-state index is 0.803. The first-order valence-electron chi connectivity index (χ1n) is 5.32. The van der Waals surface area contributed by atoms with Gasteiger partial charge in [0.15, 0.2) is 0 Å². The Morgan fingerprint density at radius 3 is 2.87 bits per heavy atom. The summed E-state index contributed by atoms with van der Waals surface area (Å²) in [7, 11) is 0. The van der Waals surface area contributed by atoms with Crippen LogP contribution in [-0.2, 0) is 4.74 Å². The van der Waals surface area contributed by atoms with Gasteiger partial charge in [-0.2, -0.15) is 0 Å². The molecule has 1 aromatic rings. The van der Waals surface area contributed by atoms with Gasteiger partial charge in [-0.15, -0.1) is 0 Å². The van der Waals surface area contributed by atoms with Crippen molar-refractivity contribution in [1.29, 1.82) is 0 Å². The molecule has 0 amide bonds. The molecule has 0 heterocycles. The van der Waals surface area contributed by atoms with Gasteiger partial charge in [0.25, 0.3) is 0 Å². The molecule has 1 rings (SSSR count). The molecular weight excluding hydrogens is 254 g/mol. The van der Waals surface area contributed by atoms with Gasteiger partial charge >= 0.3 is 0 Å². The minimum Gasteiger partial charge on any atom is -0.385 e. The first-order valence-corrected chi connectivity index (χ1v) is 6.11. The van der Waals surface area contributed by atoms with E-state index >= 15 is 0 Å². The van der Waals surface area contributed by atoms with Crippen molar-refractivity contribution < 1.29 is 4.74 Å². The number of anilines is 1. The number of nitrogens with one attached hydrogen (secondary N) is 1. The predicted octanol–water partition coefficient (Wildman–Crippen LogP) is 3.60. The number of hydrogen-bond acceptors (Lipinski definition) is 2. The second-order valence-electron chi connectivity index (χ2n) is 3.44. The fourth-order valence-electron chi connectivity index (χ4n) is 1.37. The first kappa shape index (κ1) is 12.5. The van der Waals surface area contributed by atoms with E-state index in [1.807, 2.05) is 6.92 Å². The summed E-state index contributed by atoms with van der Waals surface area (Å²) >= 11 is 3.45. The van der Waals surface area contributed by atoms with Crippen molar-refractivity contribution >= 4 is 21.6 Å². The molecule has 1 aromatic carbocycles. The highest BCUT2D eigenvalue weighted by molar-refractivity contribution is 9.10. The average Bonchev–Trinajstić information content (AvgIpc) is 2.20. The Morgan fingerprint density at radius 1 is 1.40 bits per heavy atom. The topological polar surface area (TPSA) is 21.3 Å². The maximum Gasteiger partial charge on any atom is 0.0482 e. The highest BCUT2D eigenvalue weighted by atomic mass is 79.9. The van der Waals surface area contributed by atoms with Crippen LogP contribution in [0.4, 0.5) is 5.69 Å². The molecule has 0 aliphatic rings. The van der Waals surface area contributed by atoms with Crippen molar-refractivity contribution in [2.75, 3.05) is 25.1 Å². The van der Waals surface area contributed by atoms with E-state index in [1.54, 1.807) is 0 Å². The SMILES string of the molecule is CCOCCCNc1ccc(Br)cc1C. The molecular formula is C12H18BrNO. The number of benzene rings is 1. The quantitative estimate of drug-likeness (QED) is 0.799. The van der Waals surface area contributed by atoms with Crippen LogP contribution in [0.25, 0.3) is 0 Å². The van der Waals surface area contributed by atoms with Crippen LogP contribution in [-0.4, -0.2) is 19.8 Å². The summed E-state index contributed by atoms with van der Waals surface area (Å²) in [5, 5.41) is 3.40. The normalized spacial score (nSPS) is 10.3. The minimum atomic E-state index is 0.803. The van der Waals surface area contributed by atoms with Crippen molar-refractivity contribution in [2.45, 2.75) is 20.3 Å².